The van der Waals surface area contributed by atoms with Crippen LogP contribution in [0, 0.1) is 12.1 Å². The summed E-state index contributed by atoms with van der Waals surface area (Å²) in [6, 6.07) is 26.1. The van der Waals surface area contributed by atoms with Crippen molar-refractivity contribution < 1.29 is 0 Å². The third-order valence-corrected chi connectivity index (χ3v) is 4.70. The molecule has 0 aromatic heterocycles. The Morgan fingerprint density at radius 3 is 2.22 bits per heavy atom. The van der Waals surface area contributed by atoms with Gasteiger partial charge in [-0.15, -0.1) is 0 Å². The van der Waals surface area contributed by atoms with Gasteiger partial charge in [-0.3, -0.25) is 0 Å². The van der Waals surface area contributed by atoms with Gasteiger partial charge in [-0.05, 0) is 58.3 Å². The summed E-state index contributed by atoms with van der Waals surface area (Å²) in [5, 5.41) is 8.17. The summed E-state index contributed by atoms with van der Waals surface area (Å²) in [5.41, 5.74) is 3.44. The first-order valence-corrected chi connectivity index (χ1v) is 8.20. The quantitative estimate of drug-likeness (QED) is 0.467. The number of benzene rings is 5. The maximum atomic E-state index is 3.49. The normalized spacial score (nSPS) is 12.8. The summed E-state index contributed by atoms with van der Waals surface area (Å²) in [7, 11) is 0. The lowest BCUT2D eigenvalue weighted by Gasteiger charge is -2.12. The minimum Gasteiger partial charge on any atom is -0.355 e. The number of anilines is 2. The van der Waals surface area contributed by atoms with Gasteiger partial charge in [0.1, 0.15) is 0 Å². The van der Waals surface area contributed by atoms with Crippen molar-refractivity contribution in [2.75, 3.05) is 5.32 Å². The first kappa shape index (κ1) is 14.1. The highest BCUT2D eigenvalue weighted by Gasteiger charge is 2.06. The van der Waals surface area contributed by atoms with Crippen LogP contribution in [0.1, 0.15) is 31.7 Å². The van der Waals surface area contributed by atoms with Gasteiger partial charge in [-0.2, -0.15) is 0 Å². The molecule has 0 aliphatic rings. The van der Waals surface area contributed by atoms with E-state index in [1.807, 2.05) is 6.07 Å². The predicted octanol–water partition coefficient (Wildman–Crippen LogP) is 6.29. The number of hydrogen-bond acceptors (Lipinski definition) is 1. The van der Waals surface area contributed by atoms with Crippen LogP contribution >= 0.6 is 0 Å². The standard InChI is InChI=1S/C22H19N/c1-3-15(2)16-8-10-19(11-9-16)23-20-12-13-21-17-4-6-18(7-5-17)22(21)14-20/h4-12,15,23H,3H2,1-2H3. The topological polar surface area (TPSA) is 12.0 Å². The van der Waals surface area contributed by atoms with Gasteiger partial charge in [0, 0.05) is 22.8 Å². The molecule has 0 aliphatic carbocycles. The molecule has 0 spiro atoms. The lowest BCUT2D eigenvalue weighted by molar-refractivity contribution is 0.734. The fourth-order valence-corrected chi connectivity index (χ4v) is 3.05. The van der Waals surface area contributed by atoms with Crippen molar-refractivity contribution in [2.24, 2.45) is 0 Å². The molecule has 112 valence electrons. The Bertz CT molecular complexity index is 917. The largest absolute Gasteiger partial charge is 0.355 e. The molecule has 1 N–H and O–H groups in total. The number of fused-ring (bicyclic) bond motifs is 2. The summed E-state index contributed by atoms with van der Waals surface area (Å²) >= 11 is 0. The molecule has 1 unspecified atom stereocenters. The zero-order valence-corrected chi connectivity index (χ0v) is 13.5. The molecule has 2 bridgehead atoms. The molecule has 0 aliphatic heterocycles. The summed E-state index contributed by atoms with van der Waals surface area (Å²) in [6.07, 6.45) is 1.17. The first-order chi connectivity index (χ1) is 11.2. The molecule has 23 heavy (non-hydrogen) atoms. The van der Waals surface area contributed by atoms with Crippen LogP contribution in [0.2, 0.25) is 0 Å². The molecular formula is C22H19N. The van der Waals surface area contributed by atoms with Gasteiger partial charge in [0.05, 0.1) is 0 Å². The van der Waals surface area contributed by atoms with Gasteiger partial charge in [0.2, 0.25) is 0 Å². The van der Waals surface area contributed by atoms with Gasteiger partial charge >= 0.3 is 0 Å². The average molecular weight is 297 g/mol. The van der Waals surface area contributed by atoms with E-state index in [1.54, 1.807) is 0 Å². The van der Waals surface area contributed by atoms with E-state index in [-0.39, 0.29) is 0 Å². The van der Waals surface area contributed by atoms with Gasteiger partial charge in [0.25, 0.3) is 0 Å². The second kappa shape index (κ2) is 5.58. The highest BCUT2D eigenvalue weighted by molar-refractivity contribution is 6.09. The zero-order valence-electron chi connectivity index (χ0n) is 13.5. The second-order valence-corrected chi connectivity index (χ2v) is 6.21. The van der Waals surface area contributed by atoms with Crippen molar-refractivity contribution in [3.8, 4) is 0 Å². The number of hydrogen-bond donors (Lipinski definition) is 1. The fraction of sp³-hybridized carbons (Fsp3) is 0.182. The molecule has 5 rings (SSSR count). The fourth-order valence-electron chi connectivity index (χ4n) is 3.05. The van der Waals surface area contributed by atoms with E-state index >= 15 is 0 Å². The monoisotopic (exact) mass is 297 g/mol. The first-order valence-electron chi connectivity index (χ1n) is 8.20. The molecule has 5 aromatic carbocycles. The third-order valence-electron chi connectivity index (χ3n) is 4.70. The molecule has 1 atom stereocenters. The van der Waals surface area contributed by atoms with Gasteiger partial charge in [0.15, 0.2) is 0 Å². The van der Waals surface area contributed by atoms with Crippen molar-refractivity contribution in [1.82, 2.24) is 0 Å². The summed E-state index contributed by atoms with van der Waals surface area (Å²) in [4.78, 5) is 0. The molecule has 1 heteroatoms. The molecule has 0 saturated heterocycles. The summed E-state index contributed by atoms with van der Waals surface area (Å²) in [6.45, 7) is 4.49. The van der Waals surface area contributed by atoms with Crippen LogP contribution in [0.3, 0.4) is 0 Å². The Labute approximate surface area is 137 Å². The molecule has 0 heterocycles. The van der Waals surface area contributed by atoms with Crippen molar-refractivity contribution in [3.63, 3.8) is 0 Å². The van der Waals surface area contributed by atoms with E-state index in [0.717, 1.165) is 22.1 Å². The van der Waals surface area contributed by atoms with E-state index < -0.39 is 0 Å². The van der Waals surface area contributed by atoms with E-state index in [1.165, 1.54) is 22.8 Å². The zero-order chi connectivity index (χ0) is 15.8. The molecule has 1 nitrogen and oxygen atoms in total. The maximum absolute atomic E-state index is 3.49. The summed E-state index contributed by atoms with van der Waals surface area (Å²) < 4.78 is 0. The Morgan fingerprint density at radius 1 is 0.913 bits per heavy atom. The Morgan fingerprint density at radius 2 is 1.57 bits per heavy atom. The Balaban J connectivity index is 1.64. The van der Waals surface area contributed by atoms with Crippen molar-refractivity contribution in [2.45, 2.75) is 26.2 Å². The molecule has 5 aromatic rings. The highest BCUT2D eigenvalue weighted by Crippen LogP contribution is 2.30. The lowest BCUT2D eigenvalue weighted by atomic mass is 9.98. The molecular weight excluding hydrogens is 278 g/mol. The molecule has 0 fully saturated rings. The predicted molar refractivity (Wildman–Crippen MR) is 98.7 cm³/mol. The second-order valence-electron chi connectivity index (χ2n) is 6.21. The van der Waals surface area contributed by atoms with E-state index in [9.17, 15) is 0 Å². The third kappa shape index (κ3) is 2.53. The van der Waals surface area contributed by atoms with Crippen LogP contribution in [0.15, 0.2) is 54.6 Å². The van der Waals surface area contributed by atoms with E-state index in [4.69, 9.17) is 0 Å². The van der Waals surface area contributed by atoms with Crippen LogP contribution in [0.5, 0.6) is 0 Å². The van der Waals surface area contributed by atoms with E-state index in [2.05, 4.69) is 79.8 Å². The van der Waals surface area contributed by atoms with Gasteiger partial charge in [-0.1, -0.05) is 50.2 Å². The number of rotatable bonds is 4. The van der Waals surface area contributed by atoms with Crippen molar-refractivity contribution in [1.29, 1.82) is 0 Å². The van der Waals surface area contributed by atoms with Crippen LogP contribution < -0.4 is 5.32 Å². The van der Waals surface area contributed by atoms with Crippen LogP contribution in [-0.4, -0.2) is 0 Å². The summed E-state index contributed by atoms with van der Waals surface area (Å²) in [5.74, 6) is 0.607. The molecule has 0 saturated carbocycles. The van der Waals surface area contributed by atoms with Crippen LogP contribution in [0.25, 0.3) is 21.5 Å². The Hall–Kier alpha value is -2.54. The van der Waals surface area contributed by atoms with Gasteiger partial charge < -0.3 is 5.32 Å². The smallest absolute Gasteiger partial charge is 0.0477 e. The SMILES string of the molecule is CCC(C)c1ccc(Nc2[c]c3c4ccc(cc4)c3[c]c2)cc1. The van der Waals surface area contributed by atoms with Crippen molar-refractivity contribution >= 4 is 32.9 Å². The minimum absolute atomic E-state index is 0.607. The minimum atomic E-state index is 0.607. The van der Waals surface area contributed by atoms with E-state index in [0.29, 0.717) is 5.92 Å². The Kier molecular flexibility index (Phi) is 3.42. The van der Waals surface area contributed by atoms with Crippen LogP contribution in [-0.2, 0) is 0 Å². The number of nitrogens with one attached hydrogen (secondary N) is 1. The lowest BCUT2D eigenvalue weighted by Crippen LogP contribution is -1.94. The molecule has 0 amide bonds. The van der Waals surface area contributed by atoms with Crippen LogP contribution in [0.4, 0.5) is 11.4 Å². The van der Waals surface area contributed by atoms with Gasteiger partial charge in [-0.25, -0.2) is 0 Å². The van der Waals surface area contributed by atoms with Crippen molar-refractivity contribution in [3.05, 3.63) is 72.3 Å². The molecule has 2 radical (unpaired) electrons. The maximum Gasteiger partial charge on any atom is 0.0477 e. The highest BCUT2D eigenvalue weighted by atomic mass is 14.9. The average Bonchev–Trinajstić information content (AvgIpc) is 2.62.